The van der Waals surface area contributed by atoms with Crippen molar-refractivity contribution in [3.8, 4) is 126 Å². The molecule has 3 aliphatic rings. The molecule has 684 valence electrons. The third-order valence-corrected chi connectivity index (χ3v) is 29.1. The standard InChI is InChI=1S/3C34H16F6N2O2S2/c3*35-33(36,37)21-7-1-17(2-8-21)31-41-15-27(45-31)19-5-11-23-25(13-19)29(43)24-12-6-20(14-26(24)30(23)44)28-16-42-32(46-28)18-3-9-22(10-4-18)34(38,39)40/h3*1-16H. The van der Waals surface area contributed by atoms with E-state index in [0.29, 0.717) is 126 Å². The van der Waals surface area contributed by atoms with Gasteiger partial charge in [0.2, 0.25) is 0 Å². The molecule has 3 aliphatic carbocycles. The summed E-state index contributed by atoms with van der Waals surface area (Å²) >= 11 is 7.49. The average molecular weight is 1990 g/mol. The van der Waals surface area contributed by atoms with Gasteiger partial charge in [-0.1, -0.05) is 109 Å². The van der Waals surface area contributed by atoms with Crippen LogP contribution in [-0.4, -0.2) is 64.6 Å². The van der Waals surface area contributed by atoms with Gasteiger partial charge >= 0.3 is 37.1 Å². The van der Waals surface area contributed by atoms with Crippen LogP contribution < -0.4 is 0 Å². The highest BCUT2D eigenvalue weighted by Gasteiger charge is 2.39. The average Bonchev–Trinajstić information content (AvgIpc) is 1.25. The monoisotopic (exact) mass is 1990 g/mol. The fourth-order valence-corrected chi connectivity index (χ4v) is 20.9. The van der Waals surface area contributed by atoms with Gasteiger partial charge in [0, 0.05) is 137 Å². The van der Waals surface area contributed by atoms with Crippen molar-refractivity contribution in [1.82, 2.24) is 29.9 Å². The highest BCUT2D eigenvalue weighted by atomic mass is 32.1. The molecule has 6 heterocycles. The van der Waals surface area contributed by atoms with Crippen LogP contribution in [0.3, 0.4) is 0 Å². The third-order valence-electron chi connectivity index (χ3n) is 22.5. The Morgan fingerprint density at radius 3 is 0.384 bits per heavy atom. The van der Waals surface area contributed by atoms with Gasteiger partial charge in [-0.25, -0.2) is 29.9 Å². The summed E-state index contributed by atoms with van der Waals surface area (Å²) in [5.41, 5.74) is 5.20. The van der Waals surface area contributed by atoms with Gasteiger partial charge in [-0.15, -0.1) is 68.0 Å². The second-order valence-corrected chi connectivity index (χ2v) is 37.3. The maximum absolute atomic E-state index is 13.6. The summed E-state index contributed by atoms with van der Waals surface area (Å²) in [4.78, 5) is 112. The fourth-order valence-electron chi connectivity index (χ4n) is 15.4. The van der Waals surface area contributed by atoms with Crippen molar-refractivity contribution in [2.45, 2.75) is 37.1 Å². The number of halogens is 18. The molecule has 0 saturated heterocycles. The molecule has 6 aromatic heterocycles. The molecule has 18 aromatic rings. The topological polar surface area (TPSA) is 180 Å². The van der Waals surface area contributed by atoms with E-state index < -0.39 is 70.4 Å². The van der Waals surface area contributed by atoms with Crippen molar-refractivity contribution in [2.75, 3.05) is 0 Å². The molecule has 0 amide bonds. The number of carbonyl (C=O) groups excluding carboxylic acids is 6. The van der Waals surface area contributed by atoms with Gasteiger partial charge in [0.25, 0.3) is 0 Å². The smallest absolute Gasteiger partial charge is 0.289 e. The number of hydrogen-bond acceptors (Lipinski definition) is 18. The Kier molecular flexibility index (Phi) is 23.7. The molecule has 138 heavy (non-hydrogen) atoms. The number of rotatable bonds is 12. The van der Waals surface area contributed by atoms with E-state index in [-0.39, 0.29) is 101 Å². The summed E-state index contributed by atoms with van der Waals surface area (Å²) in [7, 11) is 0. The van der Waals surface area contributed by atoms with Crippen LogP contribution in [0.5, 0.6) is 0 Å². The fraction of sp³-hybridized carbons (Fsp3) is 0.0588. The molecular weight excluding hydrogens is 1940 g/mol. The highest BCUT2D eigenvalue weighted by Crippen LogP contribution is 2.47. The first-order valence-electron chi connectivity index (χ1n) is 40.6. The van der Waals surface area contributed by atoms with E-state index >= 15 is 0 Å². The minimum Gasteiger partial charge on any atom is -0.289 e. The predicted octanol–water partition coefficient (Wildman–Crippen LogP) is 30.2. The number of fused-ring (bicyclic) bond motifs is 6. The third kappa shape index (κ3) is 18.3. The van der Waals surface area contributed by atoms with Crippen molar-refractivity contribution >= 4 is 103 Å². The lowest BCUT2D eigenvalue weighted by Gasteiger charge is -2.18. The molecule has 12 nitrogen and oxygen atoms in total. The molecule has 0 fully saturated rings. The molecule has 0 saturated carbocycles. The lowest BCUT2D eigenvalue weighted by Crippen LogP contribution is -2.20. The number of ketones is 6. The Morgan fingerprint density at radius 2 is 0.268 bits per heavy atom. The first-order valence-corrected chi connectivity index (χ1v) is 45.5. The van der Waals surface area contributed by atoms with Gasteiger partial charge in [-0.3, -0.25) is 28.8 Å². The van der Waals surface area contributed by atoms with Crippen LogP contribution in [0.25, 0.3) is 126 Å². The lowest BCUT2D eigenvalue weighted by molar-refractivity contribution is -0.138. The largest absolute Gasteiger partial charge is 0.416 e. The zero-order valence-corrected chi connectivity index (χ0v) is 74.0. The normalized spacial score (nSPS) is 13.1. The second-order valence-electron chi connectivity index (χ2n) is 31.2. The molecule has 12 aromatic carbocycles. The molecule has 21 rings (SSSR count). The van der Waals surface area contributed by atoms with Gasteiger partial charge in [0.15, 0.2) is 34.7 Å². The minimum atomic E-state index is -4.44. The molecular formula is C102H48F18N6O6S6. The van der Waals surface area contributed by atoms with Crippen molar-refractivity contribution in [2.24, 2.45) is 0 Å². The van der Waals surface area contributed by atoms with Crippen LogP contribution in [-0.2, 0) is 37.1 Å². The predicted molar refractivity (Wildman–Crippen MR) is 489 cm³/mol. The van der Waals surface area contributed by atoms with Crippen molar-refractivity contribution in [3.63, 3.8) is 0 Å². The number of benzene rings is 12. The van der Waals surface area contributed by atoms with Crippen molar-refractivity contribution in [1.29, 1.82) is 0 Å². The molecule has 0 N–H and O–H groups in total. The minimum absolute atomic E-state index is 0.231. The number of nitrogens with zero attached hydrogens (tertiary/aromatic N) is 6. The van der Waals surface area contributed by atoms with Gasteiger partial charge in [-0.05, 0) is 179 Å². The second kappa shape index (κ2) is 35.4. The van der Waals surface area contributed by atoms with Crippen LogP contribution in [0.15, 0.2) is 292 Å². The summed E-state index contributed by atoms with van der Waals surface area (Å²) in [6.07, 6.45) is -17.2. The quantitative estimate of drug-likeness (QED) is 0.106. The SMILES string of the molecule is O=C1c2ccc(-c3cnc(-c4ccc(C(F)(F)F)cc4)s3)cc2C(=O)c2ccc(-c3cnc(-c4ccc(C(F)(F)F)cc4)s3)cc21.O=C1c2ccc(-c3cnc(-c4ccc(C(F)(F)F)cc4)s3)cc2C(=O)c2ccc(-c3cnc(-c4ccc(C(F)(F)F)cc4)s3)cc21.O=C1c2ccc(-c3cnc(-c4ccc(C(F)(F)F)cc4)s3)cc2C(=O)c2ccc(-c3cnc(-c4ccc(C(F)(F)F)cc4)s3)cc21. The van der Waals surface area contributed by atoms with Crippen LogP contribution in [0.4, 0.5) is 79.0 Å². The summed E-state index contributed by atoms with van der Waals surface area (Å²) in [5.74, 6) is -2.00. The number of hydrogen-bond donors (Lipinski definition) is 0. The maximum Gasteiger partial charge on any atom is 0.416 e. The van der Waals surface area contributed by atoms with E-state index in [0.717, 1.165) is 72.8 Å². The lowest BCUT2D eigenvalue weighted by atomic mass is 9.82. The van der Waals surface area contributed by atoms with Gasteiger partial charge in [0.05, 0.1) is 62.6 Å². The first kappa shape index (κ1) is 92.3. The highest BCUT2D eigenvalue weighted by molar-refractivity contribution is 7.20. The number of aromatic nitrogens is 6. The summed E-state index contributed by atoms with van der Waals surface area (Å²) < 4.78 is 233. The summed E-state index contributed by atoms with van der Waals surface area (Å²) in [6, 6.07) is 57.6. The van der Waals surface area contributed by atoms with E-state index in [1.54, 1.807) is 146 Å². The molecule has 0 bridgehead atoms. The molecule has 0 unspecified atom stereocenters. The zero-order chi connectivity index (χ0) is 97.1. The van der Waals surface area contributed by atoms with E-state index in [9.17, 15) is 108 Å². The number of alkyl halides is 18. The van der Waals surface area contributed by atoms with E-state index in [1.807, 2.05) is 0 Å². The Bertz CT molecular complexity index is 6760. The van der Waals surface area contributed by atoms with Crippen molar-refractivity contribution in [3.05, 3.63) is 392 Å². The Balaban J connectivity index is 0.000000132. The first-order chi connectivity index (χ1) is 65.6. The summed E-state index contributed by atoms with van der Waals surface area (Å²) in [5, 5.41) is 3.03. The zero-order valence-electron chi connectivity index (χ0n) is 69.1. The Hall–Kier alpha value is -14.8. The Morgan fingerprint density at radius 1 is 0.152 bits per heavy atom. The molecule has 0 spiro atoms. The van der Waals surface area contributed by atoms with Crippen molar-refractivity contribution < 1.29 is 108 Å². The molecule has 0 aliphatic heterocycles. The molecule has 0 radical (unpaired) electrons. The van der Waals surface area contributed by atoms with E-state index in [1.165, 1.54) is 141 Å². The van der Waals surface area contributed by atoms with Crippen LogP contribution in [0, 0.1) is 0 Å². The maximum atomic E-state index is 13.6. The van der Waals surface area contributed by atoms with Gasteiger partial charge in [-0.2, -0.15) is 79.0 Å². The van der Waals surface area contributed by atoms with Gasteiger partial charge < -0.3 is 0 Å². The Labute approximate surface area is 790 Å². The number of carbonyl (C=O) groups is 6. The van der Waals surface area contributed by atoms with Gasteiger partial charge in [0.1, 0.15) is 30.0 Å². The van der Waals surface area contributed by atoms with Crippen LogP contribution in [0.2, 0.25) is 0 Å². The van der Waals surface area contributed by atoms with E-state index in [4.69, 9.17) is 0 Å². The summed E-state index contributed by atoms with van der Waals surface area (Å²) in [6.45, 7) is 0. The van der Waals surface area contributed by atoms with Crippen LogP contribution >= 0.6 is 68.0 Å². The molecule has 36 heteroatoms. The van der Waals surface area contributed by atoms with E-state index in [2.05, 4.69) is 29.9 Å². The number of thiazole rings is 6. The molecule has 0 atom stereocenters. The van der Waals surface area contributed by atoms with Crippen LogP contribution in [0.1, 0.15) is 129 Å².